The molecule has 2 N–H and O–H groups in total. The molecule has 1 heterocycles. The Hall–Kier alpha value is -1.30. The number of hydrogen-bond donors (Lipinski definition) is 1. The Bertz CT molecular complexity index is 452. The fourth-order valence-corrected chi connectivity index (χ4v) is 2.68. The van der Waals surface area contributed by atoms with Gasteiger partial charge in [-0.15, -0.1) is 0 Å². The summed E-state index contributed by atoms with van der Waals surface area (Å²) in [6.45, 7) is 7.38. The predicted octanol–water partition coefficient (Wildman–Crippen LogP) is 2.62. The number of rotatable bonds is 2. The Balaban J connectivity index is 1.98. The van der Waals surface area contributed by atoms with Crippen molar-refractivity contribution in [3.8, 4) is 11.8 Å². The molecule has 2 nitrogen and oxygen atoms in total. The van der Waals surface area contributed by atoms with Crippen molar-refractivity contribution in [3.63, 3.8) is 0 Å². The second-order valence-corrected chi connectivity index (χ2v) is 5.66. The first-order chi connectivity index (χ1) is 9.19. The fraction of sp³-hybridized carbons (Fsp3) is 0.529. The number of nitrogens with zero attached hydrogens (tertiary/aromatic N) is 1. The monoisotopic (exact) mass is 256 g/mol. The van der Waals surface area contributed by atoms with Crippen LogP contribution in [0.1, 0.15) is 37.8 Å². The molecule has 2 heteroatoms. The van der Waals surface area contributed by atoms with Crippen LogP contribution in [0.4, 0.5) is 0 Å². The van der Waals surface area contributed by atoms with Gasteiger partial charge < -0.3 is 5.73 Å². The molecule has 1 fully saturated rings. The van der Waals surface area contributed by atoms with E-state index in [1.54, 1.807) is 0 Å². The van der Waals surface area contributed by atoms with E-state index < -0.39 is 0 Å². The van der Waals surface area contributed by atoms with E-state index in [9.17, 15) is 0 Å². The second-order valence-electron chi connectivity index (χ2n) is 5.66. The average molecular weight is 256 g/mol. The Morgan fingerprint density at radius 2 is 1.95 bits per heavy atom. The van der Waals surface area contributed by atoms with Crippen molar-refractivity contribution in [2.75, 3.05) is 13.1 Å². The zero-order chi connectivity index (χ0) is 13.7. The molecule has 19 heavy (non-hydrogen) atoms. The van der Waals surface area contributed by atoms with Gasteiger partial charge in [-0.25, -0.2) is 0 Å². The fourth-order valence-electron chi connectivity index (χ4n) is 2.68. The molecule has 2 unspecified atom stereocenters. The highest BCUT2D eigenvalue weighted by atomic mass is 15.2. The molecule has 1 aromatic carbocycles. The average Bonchev–Trinajstić information content (AvgIpc) is 2.42. The highest BCUT2D eigenvalue weighted by Gasteiger charge is 2.22. The zero-order valence-electron chi connectivity index (χ0n) is 12.0. The van der Waals surface area contributed by atoms with Crippen LogP contribution in [0.3, 0.4) is 0 Å². The van der Waals surface area contributed by atoms with E-state index in [1.807, 2.05) is 0 Å². The minimum Gasteiger partial charge on any atom is -0.320 e. The highest BCUT2D eigenvalue weighted by molar-refractivity contribution is 5.36. The highest BCUT2D eigenvalue weighted by Crippen LogP contribution is 2.23. The number of benzene rings is 1. The number of nitrogens with two attached hydrogens (primary N) is 1. The van der Waals surface area contributed by atoms with Gasteiger partial charge in [0.25, 0.3) is 0 Å². The molecule has 1 aliphatic rings. The molecular formula is C17H24N2. The van der Waals surface area contributed by atoms with Crippen LogP contribution >= 0.6 is 0 Å². The lowest BCUT2D eigenvalue weighted by Crippen LogP contribution is -2.40. The topological polar surface area (TPSA) is 29.3 Å². The molecule has 1 aromatic rings. The SMILES string of the molecule is CC1CCC(C)N(Cc2ccc(C#CCN)cc2)C1. The van der Waals surface area contributed by atoms with Crippen molar-refractivity contribution in [3.05, 3.63) is 35.4 Å². The molecule has 0 aromatic heterocycles. The van der Waals surface area contributed by atoms with Crippen molar-refractivity contribution in [2.24, 2.45) is 11.7 Å². The van der Waals surface area contributed by atoms with Crippen LogP contribution in [0.25, 0.3) is 0 Å². The molecule has 0 bridgehead atoms. The summed E-state index contributed by atoms with van der Waals surface area (Å²) in [6.07, 6.45) is 2.69. The Labute approximate surface area is 117 Å². The van der Waals surface area contributed by atoms with E-state index in [0.29, 0.717) is 12.6 Å². The molecule has 0 spiro atoms. The van der Waals surface area contributed by atoms with Crippen molar-refractivity contribution < 1.29 is 0 Å². The van der Waals surface area contributed by atoms with Gasteiger partial charge in [0.1, 0.15) is 0 Å². The first-order valence-electron chi connectivity index (χ1n) is 7.21. The van der Waals surface area contributed by atoms with Gasteiger partial charge in [0, 0.05) is 24.7 Å². The zero-order valence-corrected chi connectivity index (χ0v) is 12.0. The summed E-state index contributed by atoms with van der Waals surface area (Å²) in [4.78, 5) is 2.59. The van der Waals surface area contributed by atoms with Crippen molar-refractivity contribution in [1.29, 1.82) is 0 Å². The van der Waals surface area contributed by atoms with E-state index >= 15 is 0 Å². The number of likely N-dealkylation sites (tertiary alicyclic amines) is 1. The number of piperidine rings is 1. The van der Waals surface area contributed by atoms with E-state index in [1.165, 1.54) is 24.9 Å². The molecule has 102 valence electrons. The van der Waals surface area contributed by atoms with E-state index in [2.05, 4.69) is 54.9 Å². The van der Waals surface area contributed by atoms with Crippen LogP contribution in [0, 0.1) is 17.8 Å². The summed E-state index contributed by atoms with van der Waals surface area (Å²) in [5.41, 5.74) is 7.80. The lowest BCUT2D eigenvalue weighted by Gasteiger charge is -2.36. The maximum absolute atomic E-state index is 5.38. The smallest absolute Gasteiger partial charge is 0.0555 e. The minimum absolute atomic E-state index is 0.422. The molecule has 1 aliphatic heterocycles. The summed E-state index contributed by atoms with van der Waals surface area (Å²) in [6, 6.07) is 9.26. The van der Waals surface area contributed by atoms with Gasteiger partial charge in [0.2, 0.25) is 0 Å². The van der Waals surface area contributed by atoms with Gasteiger partial charge in [-0.3, -0.25) is 4.90 Å². The summed E-state index contributed by atoms with van der Waals surface area (Å²) < 4.78 is 0. The van der Waals surface area contributed by atoms with E-state index in [-0.39, 0.29) is 0 Å². The van der Waals surface area contributed by atoms with Crippen LogP contribution in [0.15, 0.2) is 24.3 Å². The third-order valence-electron chi connectivity index (χ3n) is 3.92. The van der Waals surface area contributed by atoms with Crippen LogP contribution in [-0.2, 0) is 6.54 Å². The van der Waals surface area contributed by atoms with E-state index in [4.69, 9.17) is 5.73 Å². The van der Waals surface area contributed by atoms with Crippen molar-refractivity contribution in [1.82, 2.24) is 4.90 Å². The Morgan fingerprint density at radius 3 is 2.63 bits per heavy atom. The van der Waals surface area contributed by atoms with Crippen molar-refractivity contribution >= 4 is 0 Å². The number of hydrogen-bond acceptors (Lipinski definition) is 2. The molecule has 0 radical (unpaired) electrons. The lowest BCUT2D eigenvalue weighted by molar-refractivity contribution is 0.117. The largest absolute Gasteiger partial charge is 0.320 e. The van der Waals surface area contributed by atoms with Gasteiger partial charge in [0.15, 0.2) is 0 Å². The lowest BCUT2D eigenvalue weighted by atomic mass is 9.94. The van der Waals surface area contributed by atoms with Crippen LogP contribution < -0.4 is 5.73 Å². The molecule has 2 rings (SSSR count). The van der Waals surface area contributed by atoms with E-state index in [0.717, 1.165) is 18.0 Å². The van der Waals surface area contributed by atoms with Gasteiger partial charge in [-0.05, 0) is 43.4 Å². The normalized spacial score (nSPS) is 23.7. The van der Waals surface area contributed by atoms with Gasteiger partial charge >= 0.3 is 0 Å². The molecule has 0 amide bonds. The van der Waals surface area contributed by atoms with Gasteiger partial charge in [0.05, 0.1) is 6.54 Å². The standard InChI is InChI=1S/C17H24N2/c1-14-5-6-15(2)19(12-14)13-17-9-7-16(8-10-17)4-3-11-18/h7-10,14-15H,5-6,11-13,18H2,1-2H3. The first-order valence-corrected chi connectivity index (χ1v) is 7.21. The summed E-state index contributed by atoms with van der Waals surface area (Å²) in [5.74, 6) is 6.77. The summed E-state index contributed by atoms with van der Waals surface area (Å²) in [7, 11) is 0. The third-order valence-corrected chi connectivity index (χ3v) is 3.92. The molecular weight excluding hydrogens is 232 g/mol. The third kappa shape index (κ3) is 4.09. The van der Waals surface area contributed by atoms with Gasteiger partial charge in [-0.2, -0.15) is 0 Å². The van der Waals surface area contributed by atoms with Crippen LogP contribution in [0.5, 0.6) is 0 Å². The molecule has 0 saturated carbocycles. The summed E-state index contributed by atoms with van der Waals surface area (Å²) in [5, 5.41) is 0. The molecule has 1 saturated heterocycles. The Kier molecular flexibility index (Phi) is 5.01. The van der Waals surface area contributed by atoms with Crippen LogP contribution in [-0.4, -0.2) is 24.0 Å². The van der Waals surface area contributed by atoms with Crippen molar-refractivity contribution in [2.45, 2.75) is 39.3 Å². The second kappa shape index (κ2) is 6.75. The van der Waals surface area contributed by atoms with Crippen LogP contribution in [0.2, 0.25) is 0 Å². The summed E-state index contributed by atoms with van der Waals surface area (Å²) >= 11 is 0. The molecule has 2 atom stereocenters. The quantitative estimate of drug-likeness (QED) is 0.824. The maximum Gasteiger partial charge on any atom is 0.0555 e. The predicted molar refractivity (Wildman–Crippen MR) is 80.6 cm³/mol. The van der Waals surface area contributed by atoms with Gasteiger partial charge in [-0.1, -0.05) is 30.9 Å². The Morgan fingerprint density at radius 1 is 1.21 bits per heavy atom. The minimum atomic E-state index is 0.422. The first kappa shape index (κ1) is 14.1. The maximum atomic E-state index is 5.38. The molecule has 0 aliphatic carbocycles.